The predicted octanol–water partition coefficient (Wildman–Crippen LogP) is 4.02. The lowest BCUT2D eigenvalue weighted by Gasteiger charge is -2.36. The topological polar surface area (TPSA) is 111 Å². The van der Waals surface area contributed by atoms with Crippen molar-refractivity contribution in [3.05, 3.63) is 40.9 Å². The minimum absolute atomic E-state index is 0.00717. The number of anilines is 2. The molecule has 1 aromatic carbocycles. The number of nitrogens with one attached hydrogen (secondary N) is 2. The highest BCUT2D eigenvalue weighted by Crippen LogP contribution is 2.34. The van der Waals surface area contributed by atoms with E-state index in [4.69, 9.17) is 14.2 Å². The number of amides is 1. The van der Waals surface area contributed by atoms with Gasteiger partial charge in [0.15, 0.2) is 5.69 Å². The highest BCUT2D eigenvalue weighted by molar-refractivity contribution is 7.11. The first-order valence-corrected chi connectivity index (χ1v) is 12.0. The third-order valence-corrected chi connectivity index (χ3v) is 6.20. The van der Waals surface area contributed by atoms with Crippen molar-refractivity contribution in [2.45, 2.75) is 32.2 Å². The zero-order valence-electron chi connectivity index (χ0n) is 20.7. The van der Waals surface area contributed by atoms with Gasteiger partial charge in [-0.1, -0.05) is 44.2 Å². The SMILES string of the molecule is COc1nc(NC2CN(C)C2)nc(OC)c1NC(=O)c1csc(Oc2cccc(C(C)(C)C)c2)n1. The van der Waals surface area contributed by atoms with Crippen LogP contribution >= 0.6 is 11.3 Å². The van der Waals surface area contributed by atoms with Crippen molar-refractivity contribution < 1.29 is 19.0 Å². The van der Waals surface area contributed by atoms with E-state index in [1.54, 1.807) is 5.38 Å². The summed E-state index contributed by atoms with van der Waals surface area (Å²) in [6.07, 6.45) is 0. The molecule has 1 aliphatic rings. The van der Waals surface area contributed by atoms with Crippen molar-refractivity contribution in [2.75, 3.05) is 45.0 Å². The van der Waals surface area contributed by atoms with E-state index in [1.807, 2.05) is 25.2 Å². The van der Waals surface area contributed by atoms with Crippen molar-refractivity contribution in [1.29, 1.82) is 0 Å². The maximum atomic E-state index is 12.9. The van der Waals surface area contributed by atoms with Crippen molar-refractivity contribution in [3.8, 4) is 22.7 Å². The average Bonchev–Trinajstić information content (AvgIpc) is 3.26. The molecular formula is C24H30N6O4S. The van der Waals surface area contributed by atoms with E-state index in [0.717, 1.165) is 18.7 Å². The number of carbonyl (C=O) groups is 1. The standard InChI is InChI=1S/C24H30N6O4S/c1-24(2,3)14-8-7-9-16(10-14)34-23-26-17(13-35-23)19(31)27-18-20(32-5)28-22(29-21(18)33-6)25-15-11-30(4)12-15/h7-10,13,15H,11-12H2,1-6H3,(H,27,31)(H,25,28,29). The van der Waals surface area contributed by atoms with Gasteiger partial charge in [0.2, 0.25) is 17.7 Å². The van der Waals surface area contributed by atoms with Crippen LogP contribution < -0.4 is 24.8 Å². The highest BCUT2D eigenvalue weighted by atomic mass is 32.1. The van der Waals surface area contributed by atoms with E-state index in [0.29, 0.717) is 16.9 Å². The molecule has 1 aliphatic heterocycles. The van der Waals surface area contributed by atoms with Gasteiger partial charge in [-0.3, -0.25) is 4.79 Å². The summed E-state index contributed by atoms with van der Waals surface area (Å²) in [6.45, 7) is 8.19. The fourth-order valence-electron chi connectivity index (χ4n) is 3.57. The maximum Gasteiger partial charge on any atom is 0.279 e. The molecule has 3 aromatic rings. The van der Waals surface area contributed by atoms with E-state index in [9.17, 15) is 4.79 Å². The highest BCUT2D eigenvalue weighted by Gasteiger charge is 2.26. The molecule has 2 aromatic heterocycles. The first kappa shape index (κ1) is 24.7. The number of likely N-dealkylation sites (tertiary alicyclic amines) is 1. The largest absolute Gasteiger partial charge is 0.479 e. The Balaban J connectivity index is 1.48. The Hall–Kier alpha value is -3.44. The first-order chi connectivity index (χ1) is 16.7. The summed E-state index contributed by atoms with van der Waals surface area (Å²) in [4.78, 5) is 28.2. The Kier molecular flexibility index (Phi) is 7.08. The van der Waals surface area contributed by atoms with Crippen LogP contribution in [-0.4, -0.2) is 66.2 Å². The third-order valence-electron chi connectivity index (χ3n) is 5.49. The summed E-state index contributed by atoms with van der Waals surface area (Å²) in [5.74, 6) is 0.950. The van der Waals surface area contributed by atoms with Crippen molar-refractivity contribution in [2.24, 2.45) is 0 Å². The fourth-order valence-corrected chi connectivity index (χ4v) is 4.24. The number of ether oxygens (including phenoxy) is 3. The monoisotopic (exact) mass is 498 g/mol. The number of hydrogen-bond donors (Lipinski definition) is 2. The molecule has 10 nitrogen and oxygen atoms in total. The summed E-state index contributed by atoms with van der Waals surface area (Å²) >= 11 is 1.23. The Morgan fingerprint density at radius 3 is 2.40 bits per heavy atom. The Morgan fingerprint density at radius 2 is 1.80 bits per heavy atom. The first-order valence-electron chi connectivity index (χ1n) is 11.2. The van der Waals surface area contributed by atoms with Gasteiger partial charge < -0.3 is 29.7 Å². The third kappa shape index (κ3) is 5.80. The molecule has 186 valence electrons. The molecule has 1 saturated heterocycles. The van der Waals surface area contributed by atoms with E-state index in [2.05, 4.69) is 57.3 Å². The maximum absolute atomic E-state index is 12.9. The second-order valence-corrected chi connectivity index (χ2v) is 10.2. The smallest absolute Gasteiger partial charge is 0.279 e. The summed E-state index contributed by atoms with van der Waals surface area (Å²) in [5.41, 5.74) is 1.56. The predicted molar refractivity (Wildman–Crippen MR) is 135 cm³/mol. The molecular weight excluding hydrogens is 468 g/mol. The van der Waals surface area contributed by atoms with Crippen molar-refractivity contribution >= 4 is 28.9 Å². The van der Waals surface area contributed by atoms with Crippen LogP contribution in [-0.2, 0) is 5.41 Å². The lowest BCUT2D eigenvalue weighted by atomic mass is 9.87. The number of aromatic nitrogens is 3. The minimum Gasteiger partial charge on any atom is -0.479 e. The summed E-state index contributed by atoms with van der Waals surface area (Å²) in [7, 11) is 4.98. The Labute approximate surface area is 208 Å². The van der Waals surface area contributed by atoms with Gasteiger partial charge in [0, 0.05) is 18.5 Å². The van der Waals surface area contributed by atoms with Crippen LogP contribution in [0.2, 0.25) is 0 Å². The molecule has 35 heavy (non-hydrogen) atoms. The average molecular weight is 499 g/mol. The number of thiazole rings is 1. The summed E-state index contributed by atoms with van der Waals surface area (Å²) in [6, 6.07) is 8.08. The minimum atomic E-state index is -0.457. The zero-order chi connectivity index (χ0) is 25.2. The molecule has 0 unspecified atom stereocenters. The molecule has 2 N–H and O–H groups in total. The molecule has 0 bridgehead atoms. The Bertz CT molecular complexity index is 1180. The summed E-state index contributed by atoms with van der Waals surface area (Å²) in [5, 5.41) is 7.99. The number of carbonyl (C=O) groups excluding carboxylic acids is 1. The number of nitrogens with zero attached hydrogens (tertiary/aromatic N) is 4. The van der Waals surface area contributed by atoms with Crippen LogP contribution in [0.15, 0.2) is 29.6 Å². The number of likely N-dealkylation sites (N-methyl/N-ethyl adjacent to an activating group) is 1. The number of methoxy groups -OCH3 is 2. The van der Waals surface area contributed by atoms with Crippen molar-refractivity contribution in [1.82, 2.24) is 19.9 Å². The lowest BCUT2D eigenvalue weighted by Crippen LogP contribution is -2.52. The second kappa shape index (κ2) is 10.0. The lowest BCUT2D eigenvalue weighted by molar-refractivity contribution is 0.102. The second-order valence-electron chi connectivity index (χ2n) is 9.34. The zero-order valence-corrected chi connectivity index (χ0v) is 21.5. The van der Waals surface area contributed by atoms with Gasteiger partial charge in [-0.2, -0.15) is 15.0 Å². The van der Waals surface area contributed by atoms with Gasteiger partial charge in [0.05, 0.1) is 20.3 Å². The molecule has 4 rings (SSSR count). The molecule has 1 fully saturated rings. The number of benzene rings is 1. The quantitative estimate of drug-likeness (QED) is 0.476. The molecule has 0 radical (unpaired) electrons. The molecule has 0 spiro atoms. The molecule has 1 amide bonds. The van der Waals surface area contributed by atoms with E-state index < -0.39 is 5.91 Å². The van der Waals surface area contributed by atoms with Crippen LogP contribution in [0.3, 0.4) is 0 Å². The van der Waals surface area contributed by atoms with Gasteiger partial charge in [0.25, 0.3) is 11.1 Å². The van der Waals surface area contributed by atoms with E-state index >= 15 is 0 Å². The van der Waals surface area contributed by atoms with Gasteiger partial charge in [0.1, 0.15) is 11.4 Å². The fraction of sp³-hybridized carbons (Fsp3) is 0.417. The van der Waals surface area contributed by atoms with Crippen molar-refractivity contribution in [3.63, 3.8) is 0 Å². The number of hydrogen-bond acceptors (Lipinski definition) is 10. The van der Waals surface area contributed by atoms with E-state index in [-0.39, 0.29) is 34.6 Å². The van der Waals surface area contributed by atoms with Crippen LogP contribution in [0, 0.1) is 0 Å². The molecule has 0 atom stereocenters. The molecule has 0 aliphatic carbocycles. The normalized spacial score (nSPS) is 14.2. The van der Waals surface area contributed by atoms with Crippen LogP contribution in [0.1, 0.15) is 36.8 Å². The molecule has 0 saturated carbocycles. The Morgan fingerprint density at radius 1 is 1.11 bits per heavy atom. The van der Waals surface area contributed by atoms with Gasteiger partial charge in [-0.05, 0) is 30.2 Å². The van der Waals surface area contributed by atoms with Crippen LogP contribution in [0.25, 0.3) is 0 Å². The number of rotatable bonds is 8. The molecule has 3 heterocycles. The van der Waals surface area contributed by atoms with Gasteiger partial charge in [-0.25, -0.2) is 0 Å². The summed E-state index contributed by atoms with van der Waals surface area (Å²) < 4.78 is 16.7. The van der Waals surface area contributed by atoms with Crippen LogP contribution in [0.5, 0.6) is 22.7 Å². The van der Waals surface area contributed by atoms with E-state index in [1.165, 1.54) is 25.6 Å². The van der Waals surface area contributed by atoms with Gasteiger partial charge in [-0.15, -0.1) is 0 Å². The van der Waals surface area contributed by atoms with Gasteiger partial charge >= 0.3 is 0 Å². The molecule has 11 heteroatoms. The van der Waals surface area contributed by atoms with Crippen LogP contribution in [0.4, 0.5) is 11.6 Å².